The van der Waals surface area contributed by atoms with Crippen molar-refractivity contribution in [3.63, 3.8) is 0 Å². The second-order valence-corrected chi connectivity index (χ2v) is 4.51. The zero-order valence-electron chi connectivity index (χ0n) is 21.7. The van der Waals surface area contributed by atoms with Crippen LogP contribution in [0.25, 0.3) is 0 Å². The third kappa shape index (κ3) is 23.0. The second kappa shape index (κ2) is 39.2. The molecule has 0 aliphatic heterocycles. The Hall–Kier alpha value is -1.04. The first-order valence-corrected chi connectivity index (χ1v) is 11.2. The molecule has 0 bridgehead atoms. The summed E-state index contributed by atoms with van der Waals surface area (Å²) in [5, 5.41) is 0. The molecule has 0 N–H and O–H groups in total. The molecule has 0 spiro atoms. The summed E-state index contributed by atoms with van der Waals surface area (Å²) in [6.07, 6.45) is 2.90. The van der Waals surface area contributed by atoms with Crippen LogP contribution in [0.1, 0.15) is 125 Å². The molecular weight excluding hydrogens is 312 g/mol. The molecule has 0 saturated carbocycles. The highest BCUT2D eigenvalue weighted by atomic mass is 14.1. The number of aryl methyl sites for hydroxylation is 2. The minimum atomic E-state index is 0.648. The van der Waals surface area contributed by atoms with Gasteiger partial charge in [-0.15, -0.1) is 6.58 Å². The highest BCUT2D eigenvalue weighted by Gasteiger charge is 2.09. The minimum absolute atomic E-state index is 0.648. The lowest BCUT2D eigenvalue weighted by Crippen LogP contribution is -2.01. The van der Waals surface area contributed by atoms with Gasteiger partial charge in [0.2, 0.25) is 0 Å². The van der Waals surface area contributed by atoms with Crippen molar-refractivity contribution in [3.8, 4) is 0 Å². The molecule has 26 heavy (non-hydrogen) atoms. The van der Waals surface area contributed by atoms with E-state index in [1.54, 1.807) is 17.2 Å². The van der Waals surface area contributed by atoms with Crippen molar-refractivity contribution in [1.29, 1.82) is 0 Å². The third-order valence-electron chi connectivity index (χ3n) is 2.74. The van der Waals surface area contributed by atoms with Crippen molar-refractivity contribution in [1.82, 2.24) is 0 Å². The lowest BCUT2D eigenvalue weighted by atomic mass is 9.88. The van der Waals surface area contributed by atoms with Crippen LogP contribution in [0.4, 0.5) is 0 Å². The quantitative estimate of drug-likeness (QED) is 0.455. The fourth-order valence-electron chi connectivity index (χ4n) is 2.16. The summed E-state index contributed by atoms with van der Waals surface area (Å²) in [6.45, 7) is 36.5. The Kier molecular flexibility index (Phi) is 60.0. The highest BCUT2D eigenvalue weighted by Crippen LogP contribution is 2.26. The van der Waals surface area contributed by atoms with Crippen LogP contribution in [0.3, 0.4) is 0 Å². The van der Waals surface area contributed by atoms with Crippen molar-refractivity contribution >= 4 is 0 Å². The molecule has 1 aromatic rings. The summed E-state index contributed by atoms with van der Waals surface area (Å²) in [4.78, 5) is 0. The van der Waals surface area contributed by atoms with Gasteiger partial charge in [-0.2, -0.15) is 0 Å². The van der Waals surface area contributed by atoms with Crippen LogP contribution in [0.2, 0.25) is 0 Å². The largest absolute Gasteiger partial charge is 0.103 e. The summed E-state index contributed by atoms with van der Waals surface area (Å²) < 4.78 is 0. The Bertz CT molecular complexity index is 332. The molecule has 0 aromatic heterocycles. The van der Waals surface area contributed by atoms with Crippen LogP contribution in [-0.4, -0.2) is 0 Å². The summed E-state index contributed by atoms with van der Waals surface area (Å²) in [5.41, 5.74) is 5.99. The van der Waals surface area contributed by atoms with Gasteiger partial charge in [0.25, 0.3) is 0 Å². The summed E-state index contributed by atoms with van der Waals surface area (Å²) >= 11 is 0. The van der Waals surface area contributed by atoms with Gasteiger partial charge in [-0.3, -0.25) is 0 Å². The molecule has 0 amide bonds. The molecule has 1 rings (SSSR count). The van der Waals surface area contributed by atoms with Crippen molar-refractivity contribution in [2.24, 2.45) is 0 Å². The van der Waals surface area contributed by atoms with Crippen LogP contribution >= 0.6 is 0 Å². The molecule has 0 heteroatoms. The van der Waals surface area contributed by atoms with Gasteiger partial charge in [-0.1, -0.05) is 108 Å². The van der Waals surface area contributed by atoms with Crippen LogP contribution in [0.5, 0.6) is 0 Å². The lowest BCUT2D eigenvalue weighted by molar-refractivity contribution is 0.830. The molecule has 0 unspecified atom stereocenters. The molecule has 0 aliphatic carbocycles. The number of allylic oxidation sites excluding steroid dienone is 1. The Morgan fingerprint density at radius 3 is 1.23 bits per heavy atom. The SMILES string of the molecule is C=CC.CC.CC.CC.CC.CC.CCc1c(C)ccc(C)c1C(C)C. The van der Waals surface area contributed by atoms with Crippen molar-refractivity contribution < 1.29 is 0 Å². The van der Waals surface area contributed by atoms with E-state index in [-0.39, 0.29) is 0 Å². The molecule has 0 saturated heterocycles. The van der Waals surface area contributed by atoms with Gasteiger partial charge in [0.05, 0.1) is 0 Å². The van der Waals surface area contributed by atoms with Crippen molar-refractivity contribution in [2.75, 3.05) is 0 Å². The highest BCUT2D eigenvalue weighted by molar-refractivity contribution is 5.41. The van der Waals surface area contributed by atoms with E-state index < -0.39 is 0 Å². The maximum atomic E-state index is 3.36. The monoisotopic (exact) mass is 368 g/mol. The Morgan fingerprint density at radius 2 is 1.04 bits per heavy atom. The van der Waals surface area contributed by atoms with E-state index in [0.29, 0.717) is 5.92 Å². The van der Waals surface area contributed by atoms with E-state index in [0.717, 1.165) is 6.42 Å². The number of hydrogen-bond acceptors (Lipinski definition) is 0. The summed E-state index contributed by atoms with van der Waals surface area (Å²) in [5.74, 6) is 0.648. The first-order chi connectivity index (χ1) is 12.5. The molecule has 0 fully saturated rings. The molecule has 0 heterocycles. The molecule has 0 aliphatic rings. The summed E-state index contributed by atoms with van der Waals surface area (Å²) in [6, 6.07) is 4.48. The van der Waals surface area contributed by atoms with Crippen LogP contribution in [0.15, 0.2) is 24.8 Å². The van der Waals surface area contributed by atoms with E-state index in [2.05, 4.69) is 53.3 Å². The first kappa shape index (κ1) is 39.9. The van der Waals surface area contributed by atoms with E-state index >= 15 is 0 Å². The average Bonchev–Trinajstić information content (AvgIpc) is 2.71. The molecule has 0 radical (unpaired) electrons. The molecule has 0 nitrogen and oxygen atoms in total. The van der Waals surface area contributed by atoms with E-state index in [1.807, 2.05) is 76.2 Å². The van der Waals surface area contributed by atoms with E-state index in [9.17, 15) is 0 Å². The van der Waals surface area contributed by atoms with Crippen LogP contribution in [-0.2, 0) is 6.42 Å². The maximum Gasteiger partial charge on any atom is -0.0213 e. The smallest absolute Gasteiger partial charge is 0.0213 e. The van der Waals surface area contributed by atoms with Gasteiger partial charge in [0.15, 0.2) is 0 Å². The zero-order valence-corrected chi connectivity index (χ0v) is 21.7. The van der Waals surface area contributed by atoms with Gasteiger partial charge in [-0.05, 0) is 55.4 Å². The van der Waals surface area contributed by atoms with E-state index in [1.165, 1.54) is 11.1 Å². The topological polar surface area (TPSA) is 0 Å². The average molecular weight is 369 g/mol. The van der Waals surface area contributed by atoms with Gasteiger partial charge in [0.1, 0.15) is 0 Å². The van der Waals surface area contributed by atoms with Gasteiger partial charge in [0, 0.05) is 0 Å². The number of rotatable bonds is 2. The van der Waals surface area contributed by atoms with Crippen LogP contribution in [0, 0.1) is 13.8 Å². The van der Waals surface area contributed by atoms with Crippen LogP contribution < -0.4 is 0 Å². The van der Waals surface area contributed by atoms with Crippen molar-refractivity contribution in [3.05, 3.63) is 47.0 Å². The standard InChI is InChI=1S/C13H20.C3H6.5C2H6/c1-6-12-10(4)7-8-11(5)13(12)9(2)3;1-3-2;5*1-2/h7-9H,6H2,1-5H3;3H,1H2,2H3;5*1-2H3. The zero-order chi connectivity index (χ0) is 22.7. The lowest BCUT2D eigenvalue weighted by Gasteiger charge is -2.17. The normalized spacial score (nSPS) is 7.12. The molecule has 0 atom stereocenters. The first-order valence-electron chi connectivity index (χ1n) is 11.2. The summed E-state index contributed by atoms with van der Waals surface area (Å²) in [7, 11) is 0. The Balaban J connectivity index is -0.0000000648. The molecule has 1 aromatic carbocycles. The Labute approximate surface area is 170 Å². The van der Waals surface area contributed by atoms with E-state index in [4.69, 9.17) is 0 Å². The van der Waals surface area contributed by atoms with Gasteiger partial charge < -0.3 is 0 Å². The minimum Gasteiger partial charge on any atom is -0.103 e. The van der Waals surface area contributed by atoms with Gasteiger partial charge >= 0.3 is 0 Å². The van der Waals surface area contributed by atoms with Crippen molar-refractivity contribution in [2.45, 2.75) is 123 Å². The molecular formula is C26H56. The third-order valence-corrected chi connectivity index (χ3v) is 2.74. The predicted molar refractivity (Wildman–Crippen MR) is 132 cm³/mol. The fourth-order valence-corrected chi connectivity index (χ4v) is 2.16. The van der Waals surface area contributed by atoms with Gasteiger partial charge in [-0.25, -0.2) is 0 Å². The number of hydrogen-bond donors (Lipinski definition) is 0. The molecule has 160 valence electrons. The second-order valence-electron chi connectivity index (χ2n) is 4.51. The number of benzene rings is 1. The maximum absolute atomic E-state index is 3.36. The Morgan fingerprint density at radius 1 is 0.769 bits per heavy atom. The predicted octanol–water partition coefficient (Wildman–Crippen LogP) is 10.3. The fraction of sp³-hybridized carbons (Fsp3) is 0.692.